The molecule has 7 heteroatoms. The number of anilines is 1. The molecular formula is C33H33N3OS3. The van der Waals surface area contributed by atoms with Crippen LogP contribution < -0.4 is 19.7 Å². The van der Waals surface area contributed by atoms with Gasteiger partial charge in [-0.2, -0.15) is 0 Å². The molecule has 3 heterocycles. The van der Waals surface area contributed by atoms with Crippen LogP contribution in [-0.2, 0) is 7.05 Å². The van der Waals surface area contributed by atoms with Crippen LogP contribution >= 0.6 is 33.6 Å². The number of aromatic nitrogens is 1. The summed E-state index contributed by atoms with van der Waals surface area (Å²) in [6, 6.07) is 29.9. The molecular weight excluding hydrogens is 551 g/mol. The third-order valence-corrected chi connectivity index (χ3v) is 11.8. The molecule has 40 heavy (non-hydrogen) atoms. The lowest BCUT2D eigenvalue weighted by molar-refractivity contribution is 0.455. The van der Waals surface area contributed by atoms with Crippen LogP contribution in [0.1, 0.15) is 25.0 Å². The molecule has 204 valence electrons. The lowest BCUT2D eigenvalue weighted by atomic mass is 10.1. The van der Waals surface area contributed by atoms with Gasteiger partial charge in [0, 0.05) is 29.9 Å². The smallest absolute Gasteiger partial charge is 0.268 e. The largest absolute Gasteiger partial charge is 0.362 e. The molecule has 2 aliphatic rings. The number of thiazole rings is 1. The van der Waals surface area contributed by atoms with Gasteiger partial charge in [-0.05, 0) is 54.6 Å². The summed E-state index contributed by atoms with van der Waals surface area (Å²) in [6.07, 6.45) is 4.33. The van der Waals surface area contributed by atoms with E-state index in [-0.39, 0.29) is 21.4 Å². The highest BCUT2D eigenvalue weighted by Crippen LogP contribution is 2.48. The predicted octanol–water partition coefficient (Wildman–Crippen LogP) is 5.86. The first kappa shape index (κ1) is 26.9. The minimum Gasteiger partial charge on any atom is -0.362 e. The maximum absolute atomic E-state index is 13.3. The summed E-state index contributed by atoms with van der Waals surface area (Å²) in [5, 5.41) is 2.34. The third kappa shape index (κ3) is 5.02. The van der Waals surface area contributed by atoms with E-state index in [1.165, 1.54) is 32.3 Å². The van der Waals surface area contributed by atoms with Crippen LogP contribution in [-0.4, -0.2) is 39.2 Å². The molecule has 0 amide bonds. The van der Waals surface area contributed by atoms with Crippen molar-refractivity contribution in [1.82, 2.24) is 9.47 Å². The predicted molar refractivity (Wildman–Crippen MR) is 177 cm³/mol. The van der Waals surface area contributed by atoms with Crippen molar-refractivity contribution < 1.29 is 0 Å². The Hall–Kier alpha value is -3.26. The summed E-state index contributed by atoms with van der Waals surface area (Å²) in [5.41, 5.74) is 5.09. The SMILES string of the molecule is CCN1CS(=CC=c2sc(=CC3SC(c4ccccc4)=C(c4ccccc4)N3CC)n(C)c2=O)c2ccccc21. The van der Waals surface area contributed by atoms with Crippen LogP contribution in [0.5, 0.6) is 0 Å². The van der Waals surface area contributed by atoms with Crippen LogP contribution in [0, 0.1) is 0 Å². The summed E-state index contributed by atoms with van der Waals surface area (Å²) >= 11 is 3.46. The van der Waals surface area contributed by atoms with Gasteiger partial charge in [0.25, 0.3) is 5.56 Å². The molecule has 2 unspecified atom stereocenters. The highest BCUT2D eigenvalue weighted by Gasteiger charge is 2.32. The van der Waals surface area contributed by atoms with Gasteiger partial charge in [-0.25, -0.2) is 0 Å². The maximum Gasteiger partial charge on any atom is 0.268 e. The van der Waals surface area contributed by atoms with Crippen molar-refractivity contribution in [2.45, 2.75) is 24.1 Å². The Balaban J connectivity index is 1.39. The third-order valence-electron chi connectivity index (χ3n) is 7.37. The highest BCUT2D eigenvalue weighted by molar-refractivity contribution is 8.16. The van der Waals surface area contributed by atoms with Crippen LogP contribution in [0.2, 0.25) is 0 Å². The molecule has 3 aromatic carbocycles. The number of thioether (sulfide) groups is 1. The average molecular weight is 584 g/mol. The first-order valence-corrected chi connectivity index (χ1v) is 16.8. The van der Waals surface area contributed by atoms with Crippen molar-refractivity contribution in [2.75, 3.05) is 23.9 Å². The van der Waals surface area contributed by atoms with Gasteiger partial charge >= 0.3 is 0 Å². The topological polar surface area (TPSA) is 28.5 Å². The van der Waals surface area contributed by atoms with Crippen LogP contribution in [0.15, 0.2) is 94.6 Å². The van der Waals surface area contributed by atoms with Gasteiger partial charge in [-0.3, -0.25) is 4.79 Å². The van der Waals surface area contributed by atoms with Crippen molar-refractivity contribution in [3.05, 3.63) is 116 Å². The zero-order valence-corrected chi connectivity index (χ0v) is 25.4. The second-order valence-corrected chi connectivity index (χ2v) is 13.7. The molecule has 0 fully saturated rings. The van der Waals surface area contributed by atoms with Crippen LogP contribution in [0.25, 0.3) is 22.8 Å². The summed E-state index contributed by atoms with van der Waals surface area (Å²) in [7, 11) is 1.87. The minimum atomic E-state index is -0.0267. The van der Waals surface area contributed by atoms with Crippen molar-refractivity contribution in [1.29, 1.82) is 0 Å². The second-order valence-electron chi connectivity index (χ2n) is 9.72. The second kappa shape index (κ2) is 11.7. The number of nitrogens with zero attached hydrogens (tertiary/aromatic N) is 3. The Labute approximate surface area is 246 Å². The number of fused-ring (bicyclic) bond motifs is 1. The molecule has 6 rings (SSSR count). The molecule has 0 bridgehead atoms. The Morgan fingerprint density at radius 2 is 1.57 bits per heavy atom. The lowest BCUT2D eigenvalue weighted by Crippen LogP contribution is -2.31. The molecule has 0 saturated carbocycles. The van der Waals surface area contributed by atoms with Gasteiger partial charge in [0.2, 0.25) is 0 Å². The van der Waals surface area contributed by atoms with Crippen LogP contribution in [0.3, 0.4) is 0 Å². The van der Waals surface area contributed by atoms with E-state index in [1.807, 2.05) is 23.4 Å². The summed E-state index contributed by atoms with van der Waals surface area (Å²) in [5.74, 6) is 0.984. The molecule has 0 spiro atoms. The van der Waals surface area contributed by atoms with Gasteiger partial charge < -0.3 is 14.4 Å². The first-order chi connectivity index (χ1) is 19.6. The number of benzene rings is 3. The van der Waals surface area contributed by atoms with E-state index in [2.05, 4.69) is 126 Å². The average Bonchev–Trinajstić information content (AvgIpc) is 3.64. The Kier molecular flexibility index (Phi) is 7.87. The number of hydrogen-bond donors (Lipinski definition) is 0. The van der Waals surface area contributed by atoms with Crippen molar-refractivity contribution in [2.24, 2.45) is 7.05 Å². The molecule has 1 aromatic heterocycles. The van der Waals surface area contributed by atoms with E-state index < -0.39 is 0 Å². The number of para-hydroxylation sites is 1. The Morgan fingerprint density at radius 3 is 2.27 bits per heavy atom. The highest BCUT2D eigenvalue weighted by atomic mass is 32.2. The van der Waals surface area contributed by atoms with Gasteiger partial charge in [-0.15, -0.1) is 21.8 Å². The Bertz CT molecular complexity index is 1770. The normalized spacial score (nSPS) is 19.8. The van der Waals surface area contributed by atoms with E-state index in [9.17, 15) is 4.79 Å². The molecule has 2 atom stereocenters. The monoisotopic (exact) mass is 583 g/mol. The van der Waals surface area contributed by atoms with Gasteiger partial charge in [0.15, 0.2) is 0 Å². The van der Waals surface area contributed by atoms with Gasteiger partial charge in [0.05, 0.1) is 26.5 Å². The summed E-state index contributed by atoms with van der Waals surface area (Å²) in [6.45, 7) is 6.27. The fourth-order valence-corrected chi connectivity index (χ4v) is 9.94. The van der Waals surface area contributed by atoms with E-state index >= 15 is 0 Å². The van der Waals surface area contributed by atoms with E-state index in [4.69, 9.17) is 0 Å². The summed E-state index contributed by atoms with van der Waals surface area (Å²) < 4.78 is 3.60. The van der Waals surface area contributed by atoms with Crippen molar-refractivity contribution in [3.8, 4) is 0 Å². The zero-order chi connectivity index (χ0) is 27.6. The Morgan fingerprint density at radius 1 is 0.900 bits per heavy atom. The maximum atomic E-state index is 13.3. The fourth-order valence-electron chi connectivity index (χ4n) is 5.28. The quantitative estimate of drug-likeness (QED) is 0.266. The van der Waals surface area contributed by atoms with E-state index in [0.717, 1.165) is 28.2 Å². The number of hydrogen-bond acceptors (Lipinski definition) is 5. The standard InChI is InChI=1S/C33H33N3OS3/c1-4-35-23-40(28-19-13-12-18-26(28)35)21-20-27-33(37)34(3)29(38-27)22-30-36(5-2)31(24-14-8-6-9-15-24)32(39-30)25-16-10-7-11-17-25/h6-22,30H,4-5,23H2,1-3H3. The number of rotatable bonds is 6. The van der Waals surface area contributed by atoms with E-state index in [1.54, 1.807) is 11.3 Å². The van der Waals surface area contributed by atoms with Gasteiger partial charge in [0.1, 0.15) is 5.37 Å². The molecule has 4 aromatic rings. The van der Waals surface area contributed by atoms with Gasteiger partial charge in [-0.1, -0.05) is 84.6 Å². The molecule has 0 saturated heterocycles. The fraction of sp³-hybridized carbons (Fsp3) is 0.212. The zero-order valence-electron chi connectivity index (χ0n) is 23.0. The lowest BCUT2D eigenvalue weighted by Gasteiger charge is -2.25. The molecule has 4 nitrogen and oxygen atoms in total. The summed E-state index contributed by atoms with van der Waals surface area (Å²) in [4.78, 5) is 20.8. The molecule has 0 aliphatic carbocycles. The first-order valence-electron chi connectivity index (χ1n) is 13.6. The molecule has 2 aliphatic heterocycles. The van der Waals surface area contributed by atoms with Crippen molar-refractivity contribution >= 4 is 67.4 Å². The van der Waals surface area contributed by atoms with E-state index in [0.29, 0.717) is 0 Å². The van der Waals surface area contributed by atoms with Crippen LogP contribution in [0.4, 0.5) is 5.69 Å². The minimum absolute atomic E-state index is 0.0267. The molecule has 0 radical (unpaired) electrons. The molecule has 0 N–H and O–H groups in total. The van der Waals surface area contributed by atoms with Crippen molar-refractivity contribution in [3.63, 3.8) is 0 Å².